The van der Waals surface area contributed by atoms with Crippen LogP contribution in [0, 0.1) is 0 Å². The van der Waals surface area contributed by atoms with Crippen LogP contribution in [0.15, 0.2) is 17.6 Å². The SMILES string of the molecule is CC(=O)NCC1=C=COCC1. The van der Waals surface area contributed by atoms with Gasteiger partial charge in [-0.25, -0.2) is 0 Å². The first kappa shape index (κ1) is 7.89. The third kappa shape index (κ3) is 2.92. The van der Waals surface area contributed by atoms with E-state index in [0.29, 0.717) is 13.2 Å². The molecule has 0 bridgehead atoms. The fraction of sp³-hybridized carbons (Fsp3) is 0.500. The number of ether oxygens (including phenoxy) is 1. The molecule has 3 heteroatoms. The van der Waals surface area contributed by atoms with Gasteiger partial charge in [0.1, 0.15) is 6.26 Å². The highest BCUT2D eigenvalue weighted by Gasteiger charge is 2.00. The molecule has 0 spiro atoms. The van der Waals surface area contributed by atoms with E-state index in [0.717, 1.165) is 12.0 Å². The van der Waals surface area contributed by atoms with Gasteiger partial charge in [0.25, 0.3) is 0 Å². The van der Waals surface area contributed by atoms with E-state index in [1.807, 2.05) is 0 Å². The van der Waals surface area contributed by atoms with Crippen LogP contribution >= 0.6 is 0 Å². The van der Waals surface area contributed by atoms with E-state index >= 15 is 0 Å². The predicted octanol–water partition coefficient (Wildman–Crippen LogP) is 0.582. The lowest BCUT2D eigenvalue weighted by Gasteiger charge is -2.08. The molecule has 0 aromatic carbocycles. The standard InChI is InChI=1S/C8H11NO2/c1-7(10)9-6-8-2-4-11-5-3-8/h5H,2,4,6H2,1H3,(H,9,10). The summed E-state index contributed by atoms with van der Waals surface area (Å²) in [5.74, 6) is -0.00853. The van der Waals surface area contributed by atoms with Crippen LogP contribution in [0.1, 0.15) is 13.3 Å². The van der Waals surface area contributed by atoms with Gasteiger partial charge in [-0.1, -0.05) is 5.73 Å². The van der Waals surface area contributed by atoms with E-state index in [1.165, 1.54) is 6.92 Å². The Morgan fingerprint density at radius 3 is 3.27 bits per heavy atom. The van der Waals surface area contributed by atoms with Crippen LogP contribution in [0.4, 0.5) is 0 Å². The molecule has 1 amide bonds. The highest BCUT2D eigenvalue weighted by molar-refractivity contribution is 5.73. The molecule has 0 unspecified atom stereocenters. The van der Waals surface area contributed by atoms with Gasteiger partial charge in [0, 0.05) is 19.9 Å². The number of hydrogen-bond acceptors (Lipinski definition) is 2. The second-order valence-corrected chi connectivity index (χ2v) is 2.40. The Kier molecular flexibility index (Phi) is 2.75. The fourth-order valence-corrected chi connectivity index (χ4v) is 0.809. The zero-order valence-electron chi connectivity index (χ0n) is 6.52. The van der Waals surface area contributed by atoms with Crippen LogP contribution < -0.4 is 5.32 Å². The summed E-state index contributed by atoms with van der Waals surface area (Å²) in [4.78, 5) is 10.5. The number of nitrogens with one attached hydrogen (secondary N) is 1. The van der Waals surface area contributed by atoms with Crippen LogP contribution in [0.5, 0.6) is 0 Å². The zero-order valence-corrected chi connectivity index (χ0v) is 6.52. The predicted molar refractivity (Wildman–Crippen MR) is 40.8 cm³/mol. The van der Waals surface area contributed by atoms with Gasteiger partial charge in [-0.05, 0) is 5.57 Å². The van der Waals surface area contributed by atoms with Crippen LogP contribution in [0.2, 0.25) is 0 Å². The molecule has 1 N–H and O–H groups in total. The maximum absolute atomic E-state index is 10.5. The summed E-state index contributed by atoms with van der Waals surface area (Å²) in [5, 5.41) is 2.70. The molecule has 0 aliphatic carbocycles. The summed E-state index contributed by atoms with van der Waals surface area (Å²) in [5.41, 5.74) is 4.02. The van der Waals surface area contributed by atoms with E-state index in [2.05, 4.69) is 11.0 Å². The van der Waals surface area contributed by atoms with Gasteiger partial charge >= 0.3 is 0 Å². The second-order valence-electron chi connectivity index (χ2n) is 2.40. The first-order valence-corrected chi connectivity index (χ1v) is 3.58. The highest BCUT2D eigenvalue weighted by Crippen LogP contribution is 2.02. The third-order valence-corrected chi connectivity index (χ3v) is 1.42. The molecule has 60 valence electrons. The van der Waals surface area contributed by atoms with Crippen molar-refractivity contribution in [3.63, 3.8) is 0 Å². The summed E-state index contributed by atoms with van der Waals surface area (Å²) in [6, 6.07) is 0. The van der Waals surface area contributed by atoms with Gasteiger partial charge in [-0.3, -0.25) is 4.79 Å². The maximum atomic E-state index is 10.5. The van der Waals surface area contributed by atoms with Crippen molar-refractivity contribution < 1.29 is 9.53 Å². The van der Waals surface area contributed by atoms with Crippen molar-refractivity contribution in [3.8, 4) is 0 Å². The Hall–Kier alpha value is -1.21. The van der Waals surface area contributed by atoms with E-state index in [4.69, 9.17) is 4.74 Å². The molecule has 0 fully saturated rings. The minimum Gasteiger partial charge on any atom is -0.493 e. The summed E-state index contributed by atoms with van der Waals surface area (Å²) in [7, 11) is 0. The molecular weight excluding hydrogens is 142 g/mol. The summed E-state index contributed by atoms with van der Waals surface area (Å²) in [6.07, 6.45) is 2.40. The van der Waals surface area contributed by atoms with Crippen LogP contribution in [-0.4, -0.2) is 19.1 Å². The van der Waals surface area contributed by atoms with Crippen molar-refractivity contribution in [2.24, 2.45) is 0 Å². The molecular formula is C8H11NO2. The topological polar surface area (TPSA) is 38.3 Å². The van der Waals surface area contributed by atoms with Crippen molar-refractivity contribution in [1.82, 2.24) is 5.32 Å². The second kappa shape index (κ2) is 3.84. The average Bonchev–Trinajstić information content (AvgIpc) is 2.03. The number of hydrogen-bond donors (Lipinski definition) is 1. The van der Waals surface area contributed by atoms with Gasteiger partial charge in [-0.15, -0.1) is 0 Å². The van der Waals surface area contributed by atoms with E-state index in [-0.39, 0.29) is 5.91 Å². The lowest BCUT2D eigenvalue weighted by molar-refractivity contribution is -0.118. The summed E-state index contributed by atoms with van der Waals surface area (Å²) in [6.45, 7) is 2.79. The quantitative estimate of drug-likeness (QED) is 0.589. The Balaban J connectivity index is 2.36. The molecule has 1 heterocycles. The molecule has 0 radical (unpaired) electrons. The molecule has 0 atom stereocenters. The van der Waals surface area contributed by atoms with Crippen LogP contribution in [0.25, 0.3) is 0 Å². The number of carbonyl (C=O) groups excluding carboxylic acids is 1. The van der Waals surface area contributed by atoms with Gasteiger partial charge < -0.3 is 10.1 Å². The minimum atomic E-state index is -0.00853. The lowest BCUT2D eigenvalue weighted by Crippen LogP contribution is -2.23. The molecule has 1 aliphatic rings. The molecule has 0 aromatic rings. The van der Waals surface area contributed by atoms with Gasteiger partial charge in [0.15, 0.2) is 0 Å². The highest BCUT2D eigenvalue weighted by atomic mass is 16.5. The van der Waals surface area contributed by atoms with Crippen LogP contribution in [-0.2, 0) is 9.53 Å². The van der Waals surface area contributed by atoms with Crippen LogP contribution in [0.3, 0.4) is 0 Å². The first-order chi connectivity index (χ1) is 5.29. The Morgan fingerprint density at radius 2 is 2.73 bits per heavy atom. The molecule has 1 rings (SSSR count). The largest absolute Gasteiger partial charge is 0.493 e. The van der Waals surface area contributed by atoms with Crippen molar-refractivity contribution in [1.29, 1.82) is 0 Å². The average molecular weight is 153 g/mol. The summed E-state index contributed by atoms with van der Waals surface area (Å²) >= 11 is 0. The fourth-order valence-electron chi connectivity index (χ4n) is 0.809. The van der Waals surface area contributed by atoms with Gasteiger partial charge in [0.05, 0.1) is 6.61 Å². The monoisotopic (exact) mass is 153 g/mol. The third-order valence-electron chi connectivity index (χ3n) is 1.42. The van der Waals surface area contributed by atoms with Crippen molar-refractivity contribution >= 4 is 5.91 Å². The first-order valence-electron chi connectivity index (χ1n) is 3.58. The molecule has 11 heavy (non-hydrogen) atoms. The maximum Gasteiger partial charge on any atom is 0.217 e. The van der Waals surface area contributed by atoms with E-state index < -0.39 is 0 Å². The number of rotatable bonds is 2. The normalized spacial score (nSPS) is 15.2. The number of amides is 1. The van der Waals surface area contributed by atoms with Crippen molar-refractivity contribution in [3.05, 3.63) is 17.6 Å². The molecule has 0 aromatic heterocycles. The summed E-state index contributed by atoms with van der Waals surface area (Å²) < 4.78 is 4.94. The van der Waals surface area contributed by atoms with Gasteiger partial charge in [0.2, 0.25) is 5.91 Å². The van der Waals surface area contributed by atoms with E-state index in [9.17, 15) is 4.79 Å². The molecule has 1 aliphatic heterocycles. The van der Waals surface area contributed by atoms with Gasteiger partial charge in [-0.2, -0.15) is 0 Å². The van der Waals surface area contributed by atoms with Crippen molar-refractivity contribution in [2.75, 3.05) is 13.2 Å². The minimum absolute atomic E-state index is 0.00853. The lowest BCUT2D eigenvalue weighted by atomic mass is 10.2. The van der Waals surface area contributed by atoms with Crippen molar-refractivity contribution in [2.45, 2.75) is 13.3 Å². The Morgan fingerprint density at radius 1 is 1.91 bits per heavy atom. The Labute approximate surface area is 65.7 Å². The Bertz CT molecular complexity index is 214. The molecule has 3 nitrogen and oxygen atoms in total. The molecule has 0 saturated carbocycles. The smallest absolute Gasteiger partial charge is 0.217 e. The number of carbonyl (C=O) groups is 1. The molecule has 0 saturated heterocycles. The van der Waals surface area contributed by atoms with E-state index in [1.54, 1.807) is 6.26 Å². The zero-order chi connectivity index (χ0) is 8.10.